The number of piperidine rings is 1. The number of alkyl halides is 3. The zero-order chi connectivity index (χ0) is 30.9. The lowest BCUT2D eigenvalue weighted by atomic mass is 9.81. The van der Waals surface area contributed by atoms with Gasteiger partial charge in [-0.3, -0.25) is 9.69 Å². The van der Waals surface area contributed by atoms with E-state index in [2.05, 4.69) is 10.2 Å². The maximum Gasteiger partial charge on any atom is 0.416 e. The van der Waals surface area contributed by atoms with Gasteiger partial charge >= 0.3 is 12.3 Å². The number of nitrogens with zero attached hydrogens (tertiary/aromatic N) is 2. The molecule has 2 aliphatic heterocycles. The molecule has 1 saturated heterocycles. The van der Waals surface area contributed by atoms with Crippen molar-refractivity contribution in [2.75, 3.05) is 31.6 Å². The number of anilines is 1. The van der Waals surface area contributed by atoms with Crippen molar-refractivity contribution >= 4 is 40.9 Å². The van der Waals surface area contributed by atoms with E-state index in [4.69, 9.17) is 27.9 Å². The van der Waals surface area contributed by atoms with Crippen LogP contribution in [-0.4, -0.2) is 43.6 Å². The molecular weight excluding hydrogens is 609 g/mol. The molecule has 2 amide bonds. The molecule has 2 aliphatic rings. The highest BCUT2D eigenvalue weighted by Gasteiger charge is 2.46. The lowest BCUT2D eigenvalue weighted by molar-refractivity contribution is -0.137. The highest BCUT2D eigenvalue weighted by atomic mass is 35.5. The number of carbonyl (C=O) groups is 2. The number of nitrogens with one attached hydrogen (secondary N) is 1. The van der Waals surface area contributed by atoms with E-state index in [-0.39, 0.29) is 17.5 Å². The van der Waals surface area contributed by atoms with E-state index >= 15 is 0 Å². The van der Waals surface area contributed by atoms with Crippen molar-refractivity contribution in [2.45, 2.75) is 43.5 Å². The molecule has 0 aliphatic carbocycles. The molecule has 1 atom stereocenters. The maximum absolute atomic E-state index is 14.2. The van der Waals surface area contributed by atoms with Crippen LogP contribution >= 0.6 is 23.2 Å². The SMILES string of the molecule is CN1C(=O)OC2(CCN(CCC(C(=O)NCc3cccc(C(F)(F)F)c3)c3ccc(Cl)c(Cl)c3)CC2)c2cc(F)ccc21. The van der Waals surface area contributed by atoms with Crippen LogP contribution in [0.25, 0.3) is 0 Å². The van der Waals surface area contributed by atoms with Gasteiger partial charge in [0.15, 0.2) is 0 Å². The Labute approximate surface area is 256 Å². The summed E-state index contributed by atoms with van der Waals surface area (Å²) in [5.41, 5.74) is 0.465. The first kappa shape index (κ1) is 31.1. The van der Waals surface area contributed by atoms with Crippen molar-refractivity contribution in [3.8, 4) is 0 Å². The summed E-state index contributed by atoms with van der Waals surface area (Å²) in [7, 11) is 1.59. The molecule has 1 fully saturated rings. The van der Waals surface area contributed by atoms with Crippen molar-refractivity contribution in [1.29, 1.82) is 0 Å². The molecule has 12 heteroatoms. The quantitative estimate of drug-likeness (QED) is 0.272. The number of benzene rings is 3. The van der Waals surface area contributed by atoms with Crippen LogP contribution in [0, 0.1) is 5.82 Å². The molecule has 6 nitrogen and oxygen atoms in total. The predicted molar refractivity (Wildman–Crippen MR) is 156 cm³/mol. The van der Waals surface area contributed by atoms with Crippen LogP contribution in [0.3, 0.4) is 0 Å². The lowest BCUT2D eigenvalue weighted by Crippen LogP contribution is -2.51. The number of hydrogen-bond donors (Lipinski definition) is 1. The summed E-state index contributed by atoms with van der Waals surface area (Å²) >= 11 is 12.3. The molecule has 43 heavy (non-hydrogen) atoms. The predicted octanol–water partition coefficient (Wildman–Crippen LogP) is 7.52. The highest BCUT2D eigenvalue weighted by molar-refractivity contribution is 6.42. The largest absolute Gasteiger partial charge is 0.437 e. The summed E-state index contributed by atoms with van der Waals surface area (Å²) in [4.78, 5) is 29.5. The standard InChI is InChI=1S/C31H29Cl2F4N3O3/c1-39-27-8-6-22(34)17-24(27)30(43-29(39)42)10-13-40(14-11-30)12-9-23(20-5-7-25(32)26(33)16-20)28(41)38-18-19-3-2-4-21(15-19)31(35,36)37/h2-8,15-17,23H,9-14,18H2,1H3,(H,38,41). The van der Waals surface area contributed by atoms with Gasteiger partial charge in [0.1, 0.15) is 11.4 Å². The van der Waals surface area contributed by atoms with Crippen LogP contribution in [0.15, 0.2) is 60.7 Å². The van der Waals surface area contributed by atoms with E-state index in [9.17, 15) is 27.2 Å². The molecule has 1 spiro atoms. The number of hydrogen-bond acceptors (Lipinski definition) is 4. The third kappa shape index (κ3) is 6.76. The highest BCUT2D eigenvalue weighted by Crippen LogP contribution is 2.45. The van der Waals surface area contributed by atoms with Crippen LogP contribution < -0.4 is 10.2 Å². The molecule has 1 N–H and O–H groups in total. The summed E-state index contributed by atoms with van der Waals surface area (Å²) in [5, 5.41) is 3.39. The van der Waals surface area contributed by atoms with Gasteiger partial charge in [-0.15, -0.1) is 0 Å². The van der Waals surface area contributed by atoms with Gasteiger partial charge in [-0.25, -0.2) is 9.18 Å². The lowest BCUT2D eigenvalue weighted by Gasteiger charge is -2.46. The number of rotatable bonds is 7. The Hall–Kier alpha value is -3.34. The summed E-state index contributed by atoms with van der Waals surface area (Å²) in [6.07, 6.45) is -3.71. The van der Waals surface area contributed by atoms with E-state index in [1.807, 2.05) is 0 Å². The fraction of sp³-hybridized carbons (Fsp3) is 0.355. The van der Waals surface area contributed by atoms with E-state index in [1.54, 1.807) is 31.3 Å². The minimum Gasteiger partial charge on any atom is -0.437 e. The summed E-state index contributed by atoms with van der Waals surface area (Å²) in [6.45, 7) is 1.49. The fourth-order valence-corrected chi connectivity index (χ4v) is 6.03. The third-order valence-corrected chi connectivity index (χ3v) is 8.89. The average molecular weight is 638 g/mol. The Morgan fingerprint density at radius 2 is 1.79 bits per heavy atom. The second-order valence-corrected chi connectivity index (χ2v) is 11.7. The van der Waals surface area contributed by atoms with Gasteiger partial charge in [-0.05, 0) is 66.6 Å². The van der Waals surface area contributed by atoms with E-state index in [0.29, 0.717) is 66.3 Å². The van der Waals surface area contributed by atoms with Gasteiger partial charge in [0.05, 0.1) is 27.2 Å². The molecule has 0 radical (unpaired) electrons. The second-order valence-electron chi connectivity index (χ2n) is 10.9. The molecule has 3 aromatic carbocycles. The first-order valence-corrected chi connectivity index (χ1v) is 14.5. The van der Waals surface area contributed by atoms with Crippen molar-refractivity contribution in [3.63, 3.8) is 0 Å². The molecule has 228 valence electrons. The van der Waals surface area contributed by atoms with Crippen LogP contribution in [0.1, 0.15) is 47.4 Å². The number of halogens is 6. The van der Waals surface area contributed by atoms with Gasteiger partial charge in [0, 0.05) is 45.1 Å². The first-order valence-electron chi connectivity index (χ1n) is 13.7. The van der Waals surface area contributed by atoms with Crippen molar-refractivity contribution < 1.29 is 31.9 Å². The van der Waals surface area contributed by atoms with Gasteiger partial charge in [-0.2, -0.15) is 13.2 Å². The summed E-state index contributed by atoms with van der Waals surface area (Å²) in [5.74, 6) is -1.43. The fourth-order valence-electron chi connectivity index (χ4n) is 5.72. The molecule has 5 rings (SSSR count). The van der Waals surface area contributed by atoms with Gasteiger partial charge in [-0.1, -0.05) is 41.4 Å². The number of likely N-dealkylation sites (tertiary alicyclic amines) is 1. The third-order valence-electron chi connectivity index (χ3n) is 8.15. The molecule has 0 bridgehead atoms. The number of fused-ring (bicyclic) bond motifs is 2. The first-order chi connectivity index (χ1) is 20.4. The molecular formula is C31H29Cl2F4N3O3. The van der Waals surface area contributed by atoms with E-state index < -0.39 is 35.2 Å². The second kappa shape index (κ2) is 12.3. The topological polar surface area (TPSA) is 61.9 Å². The maximum atomic E-state index is 14.2. The molecule has 2 heterocycles. The Kier molecular flexibility index (Phi) is 8.92. The monoisotopic (exact) mass is 637 g/mol. The minimum absolute atomic E-state index is 0.0808. The van der Waals surface area contributed by atoms with Crippen LogP contribution in [-0.2, 0) is 27.9 Å². The van der Waals surface area contributed by atoms with E-state index in [1.165, 1.54) is 29.2 Å². The zero-order valence-corrected chi connectivity index (χ0v) is 24.7. The number of amides is 2. The normalized spacial score (nSPS) is 17.4. The molecule has 3 aromatic rings. The Morgan fingerprint density at radius 1 is 1.05 bits per heavy atom. The molecule has 1 unspecified atom stereocenters. The van der Waals surface area contributed by atoms with Crippen LogP contribution in [0.4, 0.5) is 28.0 Å². The minimum atomic E-state index is -4.49. The summed E-state index contributed by atoms with van der Waals surface area (Å²) < 4.78 is 59.5. The zero-order valence-electron chi connectivity index (χ0n) is 23.2. The van der Waals surface area contributed by atoms with Crippen LogP contribution in [0.5, 0.6) is 0 Å². The smallest absolute Gasteiger partial charge is 0.416 e. The van der Waals surface area contributed by atoms with Crippen molar-refractivity contribution in [3.05, 3.63) is 98.8 Å². The van der Waals surface area contributed by atoms with Gasteiger partial charge in [0.25, 0.3) is 0 Å². The Balaban J connectivity index is 1.28. The molecule has 0 saturated carbocycles. The Bertz CT molecular complexity index is 1530. The number of carbonyl (C=O) groups excluding carboxylic acids is 2. The van der Waals surface area contributed by atoms with Gasteiger partial charge < -0.3 is 15.0 Å². The number of ether oxygens (including phenoxy) is 1. The average Bonchev–Trinajstić information content (AvgIpc) is 2.97. The molecule has 0 aromatic heterocycles. The van der Waals surface area contributed by atoms with Crippen molar-refractivity contribution in [1.82, 2.24) is 10.2 Å². The van der Waals surface area contributed by atoms with E-state index in [0.717, 1.165) is 12.1 Å². The van der Waals surface area contributed by atoms with Crippen LogP contribution in [0.2, 0.25) is 10.0 Å². The Morgan fingerprint density at radius 3 is 2.49 bits per heavy atom. The van der Waals surface area contributed by atoms with Gasteiger partial charge in [0.2, 0.25) is 5.91 Å². The summed E-state index contributed by atoms with van der Waals surface area (Å²) in [6, 6.07) is 14.1. The van der Waals surface area contributed by atoms with Crippen molar-refractivity contribution in [2.24, 2.45) is 0 Å².